The number of methoxy groups -OCH3 is 1. The predicted octanol–water partition coefficient (Wildman–Crippen LogP) is 3.12. The molecule has 0 aromatic heterocycles. The minimum Gasteiger partial charge on any atom is -0.466 e. The van der Waals surface area contributed by atoms with Crippen LogP contribution in [0.4, 0.5) is 0 Å². The lowest BCUT2D eigenvalue weighted by Crippen LogP contribution is -2.42. The number of allylic oxidation sites excluding steroid dienone is 2. The molecule has 7 nitrogen and oxygen atoms in total. The highest BCUT2D eigenvalue weighted by molar-refractivity contribution is 5.88. The van der Waals surface area contributed by atoms with Gasteiger partial charge in [-0.25, -0.2) is 4.79 Å². The molecule has 2 rings (SSSR count). The molecule has 29 heavy (non-hydrogen) atoms. The van der Waals surface area contributed by atoms with Crippen molar-refractivity contribution < 1.29 is 33.3 Å². The Hall–Kier alpha value is -2.15. The molecule has 0 amide bonds. The Morgan fingerprint density at radius 3 is 2.55 bits per heavy atom. The maximum Gasteiger partial charge on any atom is 0.333 e. The Kier molecular flexibility index (Phi) is 7.63. The van der Waals surface area contributed by atoms with Gasteiger partial charge in [0.05, 0.1) is 19.1 Å². The molecule has 0 unspecified atom stereocenters. The molecule has 0 aromatic rings. The molecule has 2 aliphatic rings. The minimum atomic E-state index is -0.900. The molecule has 4 atom stereocenters. The Bertz CT molecular complexity index is 693. The van der Waals surface area contributed by atoms with Gasteiger partial charge in [0, 0.05) is 12.5 Å². The molecule has 1 aliphatic heterocycles. The molecule has 7 heteroatoms. The molecular formula is C22H32O7. The van der Waals surface area contributed by atoms with Gasteiger partial charge in [-0.2, -0.15) is 0 Å². The van der Waals surface area contributed by atoms with Crippen LogP contribution >= 0.6 is 0 Å². The molecule has 162 valence electrons. The summed E-state index contributed by atoms with van der Waals surface area (Å²) in [5.41, 5.74) is 0.602. The summed E-state index contributed by atoms with van der Waals surface area (Å²) in [4.78, 5) is 35.9. The first-order valence-electron chi connectivity index (χ1n) is 10.0. The largest absolute Gasteiger partial charge is 0.466 e. The Balaban J connectivity index is 2.33. The van der Waals surface area contributed by atoms with E-state index in [2.05, 4.69) is 6.58 Å². The molecule has 0 aromatic carbocycles. The normalized spacial score (nSPS) is 31.0. The lowest BCUT2D eigenvalue weighted by atomic mass is 9.83. The van der Waals surface area contributed by atoms with E-state index in [1.807, 2.05) is 13.0 Å². The zero-order chi connectivity index (χ0) is 21.8. The SMILES string of the molecule is C=C(C)[C@H]1C/C=C(\C(=O)OC)CC[C@H]2O[C@]2(COC(=O)C(C)C)[C@@H](OC(C)=O)C1. The first-order chi connectivity index (χ1) is 13.6. The van der Waals surface area contributed by atoms with Crippen molar-refractivity contribution in [3.63, 3.8) is 0 Å². The van der Waals surface area contributed by atoms with Crippen LogP contribution in [0.15, 0.2) is 23.8 Å². The molecule has 1 aliphatic carbocycles. The third-order valence-corrected chi connectivity index (χ3v) is 5.58. The quantitative estimate of drug-likeness (QED) is 0.289. The van der Waals surface area contributed by atoms with Crippen LogP contribution in [0.1, 0.15) is 53.4 Å². The molecule has 0 N–H and O–H groups in total. The topological polar surface area (TPSA) is 91.4 Å². The second-order valence-corrected chi connectivity index (χ2v) is 8.20. The summed E-state index contributed by atoms with van der Waals surface area (Å²) in [6.45, 7) is 10.8. The highest BCUT2D eigenvalue weighted by Gasteiger charge is 2.64. The van der Waals surface area contributed by atoms with Crippen molar-refractivity contribution in [3.8, 4) is 0 Å². The highest BCUT2D eigenvalue weighted by Crippen LogP contribution is 2.48. The standard InChI is InChI=1S/C22H32O7/c1-13(2)17-8-7-16(21(25)26-6)9-10-18-22(29-18,12-27-20(24)14(3)4)19(11-17)28-15(5)23/h7,14,17-19H,1,8-12H2,2-6H3/b16-7-/t17-,18+,19-,22-/m0/s1. The van der Waals surface area contributed by atoms with E-state index in [0.29, 0.717) is 31.3 Å². The van der Waals surface area contributed by atoms with Gasteiger partial charge in [-0.1, -0.05) is 32.1 Å². The number of rotatable bonds is 6. The maximum absolute atomic E-state index is 12.1. The van der Waals surface area contributed by atoms with Gasteiger partial charge in [0.15, 0.2) is 5.60 Å². The molecular weight excluding hydrogens is 376 g/mol. The summed E-state index contributed by atoms with van der Waals surface area (Å²) in [6.07, 6.45) is 3.07. The fourth-order valence-electron chi connectivity index (χ4n) is 3.68. The lowest BCUT2D eigenvalue weighted by molar-refractivity contribution is -0.157. The van der Waals surface area contributed by atoms with Gasteiger partial charge in [0.1, 0.15) is 12.7 Å². The monoisotopic (exact) mass is 408 g/mol. The van der Waals surface area contributed by atoms with Crippen molar-refractivity contribution >= 4 is 17.9 Å². The molecule has 0 radical (unpaired) electrons. The lowest BCUT2D eigenvalue weighted by Gasteiger charge is -2.29. The van der Waals surface area contributed by atoms with Crippen molar-refractivity contribution in [2.45, 2.75) is 71.2 Å². The van der Waals surface area contributed by atoms with Crippen LogP contribution in [0.5, 0.6) is 0 Å². The van der Waals surface area contributed by atoms with E-state index >= 15 is 0 Å². The van der Waals surface area contributed by atoms with Crippen LogP contribution in [0, 0.1) is 11.8 Å². The fraction of sp³-hybridized carbons (Fsp3) is 0.682. The number of epoxide rings is 1. The zero-order valence-corrected chi connectivity index (χ0v) is 18.0. The van der Waals surface area contributed by atoms with Gasteiger partial charge in [-0.15, -0.1) is 0 Å². The van der Waals surface area contributed by atoms with Gasteiger partial charge >= 0.3 is 17.9 Å². The van der Waals surface area contributed by atoms with Crippen molar-refractivity contribution in [2.75, 3.05) is 13.7 Å². The number of hydrogen-bond donors (Lipinski definition) is 0. The number of fused-ring (bicyclic) bond motifs is 1. The number of carbonyl (C=O) groups excluding carboxylic acids is 3. The number of carbonyl (C=O) groups is 3. The number of esters is 3. The van der Waals surface area contributed by atoms with Crippen molar-refractivity contribution in [3.05, 3.63) is 23.8 Å². The van der Waals surface area contributed by atoms with E-state index in [1.165, 1.54) is 14.0 Å². The predicted molar refractivity (Wildman–Crippen MR) is 106 cm³/mol. The van der Waals surface area contributed by atoms with Crippen LogP contribution in [0.3, 0.4) is 0 Å². The molecule has 1 heterocycles. The average Bonchev–Trinajstić information content (AvgIpc) is 3.37. The fourth-order valence-corrected chi connectivity index (χ4v) is 3.68. The Morgan fingerprint density at radius 2 is 2.00 bits per heavy atom. The summed E-state index contributed by atoms with van der Waals surface area (Å²) in [5.74, 6) is -1.41. The van der Waals surface area contributed by atoms with Gasteiger partial charge < -0.3 is 18.9 Å². The van der Waals surface area contributed by atoms with Crippen LogP contribution in [0.25, 0.3) is 0 Å². The van der Waals surface area contributed by atoms with E-state index in [-0.39, 0.29) is 36.5 Å². The summed E-state index contributed by atoms with van der Waals surface area (Å²) in [5, 5.41) is 0. The summed E-state index contributed by atoms with van der Waals surface area (Å²) in [7, 11) is 1.36. The third kappa shape index (κ3) is 5.69. The van der Waals surface area contributed by atoms with Crippen LogP contribution in [0.2, 0.25) is 0 Å². The first-order valence-corrected chi connectivity index (χ1v) is 10.0. The van der Waals surface area contributed by atoms with Crippen molar-refractivity contribution in [1.82, 2.24) is 0 Å². The molecule has 0 spiro atoms. The Labute approximate surface area is 172 Å². The van der Waals surface area contributed by atoms with Gasteiger partial charge in [0.2, 0.25) is 0 Å². The Morgan fingerprint density at radius 1 is 1.31 bits per heavy atom. The average molecular weight is 408 g/mol. The van der Waals surface area contributed by atoms with E-state index in [9.17, 15) is 14.4 Å². The minimum absolute atomic E-state index is 0.00675. The molecule has 1 saturated heterocycles. The second kappa shape index (κ2) is 9.57. The van der Waals surface area contributed by atoms with E-state index < -0.39 is 17.7 Å². The second-order valence-electron chi connectivity index (χ2n) is 8.20. The highest BCUT2D eigenvalue weighted by atomic mass is 16.7. The number of ether oxygens (including phenoxy) is 4. The first kappa shape index (κ1) is 23.1. The van der Waals surface area contributed by atoms with E-state index in [4.69, 9.17) is 18.9 Å². The maximum atomic E-state index is 12.1. The zero-order valence-electron chi connectivity index (χ0n) is 18.0. The summed E-state index contributed by atoms with van der Waals surface area (Å²) >= 11 is 0. The van der Waals surface area contributed by atoms with Crippen molar-refractivity contribution in [2.24, 2.45) is 11.8 Å². The van der Waals surface area contributed by atoms with Gasteiger partial charge in [-0.3, -0.25) is 9.59 Å². The summed E-state index contributed by atoms with van der Waals surface area (Å²) < 4.78 is 22.0. The van der Waals surface area contributed by atoms with Crippen LogP contribution in [-0.2, 0) is 33.3 Å². The van der Waals surface area contributed by atoms with Gasteiger partial charge in [-0.05, 0) is 38.5 Å². The van der Waals surface area contributed by atoms with Crippen LogP contribution < -0.4 is 0 Å². The van der Waals surface area contributed by atoms with Crippen LogP contribution in [-0.4, -0.2) is 49.4 Å². The molecule has 0 bridgehead atoms. The molecule has 1 fully saturated rings. The summed E-state index contributed by atoms with van der Waals surface area (Å²) in [6, 6.07) is 0. The molecule has 0 saturated carbocycles. The van der Waals surface area contributed by atoms with Crippen molar-refractivity contribution in [1.29, 1.82) is 0 Å². The third-order valence-electron chi connectivity index (χ3n) is 5.58. The number of hydrogen-bond acceptors (Lipinski definition) is 7. The smallest absolute Gasteiger partial charge is 0.333 e. The van der Waals surface area contributed by atoms with E-state index in [0.717, 1.165) is 5.57 Å². The van der Waals surface area contributed by atoms with E-state index in [1.54, 1.807) is 13.8 Å². The van der Waals surface area contributed by atoms with Gasteiger partial charge in [0.25, 0.3) is 0 Å².